The van der Waals surface area contributed by atoms with Crippen molar-refractivity contribution in [2.24, 2.45) is 0 Å². The van der Waals surface area contributed by atoms with Crippen LogP contribution in [0, 0.1) is 10.1 Å². The Balaban J connectivity index is 2.11. The Hall–Kier alpha value is -2.28. The molecule has 0 spiro atoms. The Labute approximate surface area is 100 Å². The molecule has 0 saturated carbocycles. The van der Waals surface area contributed by atoms with Gasteiger partial charge in [0.15, 0.2) is 0 Å². The zero-order chi connectivity index (χ0) is 12.3. The molecule has 0 aliphatic carbocycles. The van der Waals surface area contributed by atoms with Crippen molar-refractivity contribution in [1.82, 2.24) is 4.98 Å². The number of benzene rings is 1. The van der Waals surface area contributed by atoms with Crippen LogP contribution < -0.4 is 5.32 Å². The topological polar surface area (TPSA) is 85.1 Å². The highest BCUT2D eigenvalue weighted by Crippen LogP contribution is 2.21. The fourth-order valence-electron chi connectivity index (χ4n) is 1.17. The largest absolute Gasteiger partial charge is 0.376 e. The number of carbonyl (C=O) groups is 1. The van der Waals surface area contributed by atoms with Crippen LogP contribution in [0.2, 0.25) is 0 Å². The van der Waals surface area contributed by atoms with E-state index in [4.69, 9.17) is 0 Å². The molecule has 0 unspecified atom stereocenters. The minimum Gasteiger partial charge on any atom is -0.358 e. The quantitative estimate of drug-likeness (QED) is 0.668. The third-order valence-electron chi connectivity index (χ3n) is 1.94. The lowest BCUT2D eigenvalue weighted by Crippen LogP contribution is -2.11. The van der Waals surface area contributed by atoms with Crippen molar-refractivity contribution in [3.05, 3.63) is 51.4 Å². The number of hydrogen-bond acceptors (Lipinski definition) is 5. The van der Waals surface area contributed by atoms with Crippen molar-refractivity contribution in [2.75, 3.05) is 5.32 Å². The lowest BCUT2D eigenvalue weighted by Gasteiger charge is -1.97. The summed E-state index contributed by atoms with van der Waals surface area (Å²) < 4.78 is 0. The van der Waals surface area contributed by atoms with E-state index in [-0.39, 0.29) is 16.9 Å². The number of nitro groups is 1. The minimum absolute atomic E-state index is 0.213. The molecular formula is C10H7N3O3S. The number of carbonyl (C=O) groups excluding carboxylic acids is 1. The summed E-state index contributed by atoms with van der Waals surface area (Å²) in [4.78, 5) is 25.1. The summed E-state index contributed by atoms with van der Waals surface area (Å²) in [5.74, 6) is -0.604. The molecule has 1 N–H and O–H groups in total. The second kappa shape index (κ2) is 4.71. The lowest BCUT2D eigenvalue weighted by molar-refractivity contribution is -0.389. The molecule has 17 heavy (non-hydrogen) atoms. The van der Waals surface area contributed by atoms with Gasteiger partial charge in [0.05, 0.1) is 5.38 Å². The SMILES string of the molecule is O=C(Nc1nc([N+](=O)[O-])cs1)c1ccccc1. The van der Waals surface area contributed by atoms with Gasteiger partial charge in [-0.3, -0.25) is 10.1 Å². The van der Waals surface area contributed by atoms with Gasteiger partial charge in [-0.2, -0.15) is 0 Å². The van der Waals surface area contributed by atoms with Crippen molar-refractivity contribution in [1.29, 1.82) is 0 Å². The predicted octanol–water partition coefficient (Wildman–Crippen LogP) is 2.30. The molecule has 1 heterocycles. The fraction of sp³-hybridized carbons (Fsp3) is 0. The highest BCUT2D eigenvalue weighted by atomic mass is 32.1. The van der Waals surface area contributed by atoms with Gasteiger partial charge in [-0.15, -0.1) is 0 Å². The smallest absolute Gasteiger partial charge is 0.358 e. The van der Waals surface area contributed by atoms with Crippen LogP contribution in [0.15, 0.2) is 35.7 Å². The van der Waals surface area contributed by atoms with E-state index < -0.39 is 4.92 Å². The van der Waals surface area contributed by atoms with Gasteiger partial charge in [0, 0.05) is 5.56 Å². The maximum absolute atomic E-state index is 11.7. The Kier molecular flexibility index (Phi) is 3.10. The third kappa shape index (κ3) is 2.64. The highest BCUT2D eigenvalue weighted by molar-refractivity contribution is 7.14. The second-order valence-electron chi connectivity index (χ2n) is 3.09. The standard InChI is InChI=1S/C10H7N3O3S/c14-9(7-4-2-1-3-5-7)12-10-11-8(6-17-10)13(15)16/h1-6H,(H,11,12,14). The Morgan fingerprint density at radius 1 is 1.35 bits per heavy atom. The van der Waals surface area contributed by atoms with Gasteiger partial charge in [0.2, 0.25) is 0 Å². The van der Waals surface area contributed by atoms with Crippen LogP contribution in [0.3, 0.4) is 0 Å². The number of rotatable bonds is 3. The summed E-state index contributed by atoms with van der Waals surface area (Å²) in [6.07, 6.45) is 0. The van der Waals surface area contributed by atoms with Crippen molar-refractivity contribution in [3.63, 3.8) is 0 Å². The first-order valence-corrected chi connectivity index (χ1v) is 5.51. The minimum atomic E-state index is -0.603. The van der Waals surface area contributed by atoms with Crippen LogP contribution in [0.1, 0.15) is 10.4 Å². The average molecular weight is 249 g/mol. The molecule has 2 aromatic rings. The molecule has 0 bridgehead atoms. The fourth-order valence-corrected chi connectivity index (χ4v) is 1.82. The molecule has 0 radical (unpaired) electrons. The first-order chi connectivity index (χ1) is 8.16. The number of amides is 1. The molecule has 0 saturated heterocycles. The van der Waals surface area contributed by atoms with E-state index in [1.54, 1.807) is 30.3 Å². The molecule has 1 aromatic carbocycles. The zero-order valence-electron chi connectivity index (χ0n) is 8.49. The summed E-state index contributed by atoms with van der Waals surface area (Å²) >= 11 is 1.02. The molecule has 2 rings (SSSR count). The van der Waals surface area contributed by atoms with Crippen molar-refractivity contribution < 1.29 is 9.72 Å². The monoisotopic (exact) mass is 249 g/mol. The molecule has 1 amide bonds. The van der Waals surface area contributed by atoms with E-state index in [2.05, 4.69) is 10.3 Å². The van der Waals surface area contributed by atoms with Gasteiger partial charge in [-0.25, -0.2) is 0 Å². The maximum Gasteiger partial charge on any atom is 0.376 e. The lowest BCUT2D eigenvalue weighted by atomic mass is 10.2. The maximum atomic E-state index is 11.7. The van der Waals surface area contributed by atoms with Gasteiger partial charge in [0.1, 0.15) is 0 Å². The van der Waals surface area contributed by atoms with Gasteiger partial charge < -0.3 is 10.1 Å². The summed E-state index contributed by atoms with van der Waals surface area (Å²) in [7, 11) is 0. The first-order valence-electron chi connectivity index (χ1n) is 4.63. The van der Waals surface area contributed by atoms with Crippen LogP contribution in [0.25, 0.3) is 0 Å². The number of hydrogen-bond donors (Lipinski definition) is 1. The predicted molar refractivity (Wildman–Crippen MR) is 63.2 cm³/mol. The Morgan fingerprint density at radius 3 is 2.65 bits per heavy atom. The van der Waals surface area contributed by atoms with Crippen LogP contribution >= 0.6 is 11.3 Å². The molecule has 0 aliphatic rings. The van der Waals surface area contributed by atoms with E-state index >= 15 is 0 Å². The third-order valence-corrected chi connectivity index (χ3v) is 2.68. The molecule has 6 nitrogen and oxygen atoms in total. The number of aromatic nitrogens is 1. The second-order valence-corrected chi connectivity index (χ2v) is 3.95. The molecule has 1 aromatic heterocycles. The zero-order valence-corrected chi connectivity index (χ0v) is 9.31. The van der Waals surface area contributed by atoms with Gasteiger partial charge >= 0.3 is 10.9 Å². The molecule has 0 aliphatic heterocycles. The van der Waals surface area contributed by atoms with E-state index in [0.29, 0.717) is 5.56 Å². The van der Waals surface area contributed by atoms with E-state index in [1.165, 1.54) is 5.38 Å². The summed E-state index contributed by atoms with van der Waals surface area (Å²) in [6, 6.07) is 8.57. The first kappa shape index (κ1) is 11.2. The van der Waals surface area contributed by atoms with Crippen LogP contribution in [0.4, 0.5) is 10.9 Å². The van der Waals surface area contributed by atoms with Crippen molar-refractivity contribution >= 4 is 28.2 Å². The average Bonchev–Trinajstić information content (AvgIpc) is 2.79. The van der Waals surface area contributed by atoms with Crippen molar-refractivity contribution in [3.8, 4) is 0 Å². The van der Waals surface area contributed by atoms with Gasteiger partial charge in [-0.05, 0) is 22.0 Å². The van der Waals surface area contributed by atoms with Crippen molar-refractivity contribution in [2.45, 2.75) is 0 Å². The number of nitrogens with one attached hydrogen (secondary N) is 1. The molecule has 86 valence electrons. The molecular weight excluding hydrogens is 242 g/mol. The normalized spacial score (nSPS) is 9.88. The van der Waals surface area contributed by atoms with Crippen LogP contribution in [-0.2, 0) is 0 Å². The Bertz CT molecular complexity index is 553. The summed E-state index contributed by atoms with van der Waals surface area (Å²) in [6.45, 7) is 0. The molecule has 0 fully saturated rings. The van der Waals surface area contributed by atoms with E-state index in [0.717, 1.165) is 11.3 Å². The van der Waals surface area contributed by atoms with Crippen LogP contribution in [-0.4, -0.2) is 15.8 Å². The van der Waals surface area contributed by atoms with Crippen LogP contribution in [0.5, 0.6) is 0 Å². The molecule has 0 atom stereocenters. The number of anilines is 1. The van der Waals surface area contributed by atoms with E-state index in [9.17, 15) is 14.9 Å². The highest BCUT2D eigenvalue weighted by Gasteiger charge is 2.16. The molecule has 7 heteroatoms. The van der Waals surface area contributed by atoms with E-state index in [1.807, 2.05) is 0 Å². The van der Waals surface area contributed by atoms with Gasteiger partial charge in [0.25, 0.3) is 5.91 Å². The number of thiazole rings is 1. The van der Waals surface area contributed by atoms with Gasteiger partial charge in [-0.1, -0.05) is 29.5 Å². The summed E-state index contributed by atoms with van der Waals surface area (Å²) in [5.41, 5.74) is 0.477. The summed E-state index contributed by atoms with van der Waals surface area (Å²) in [5, 5.41) is 14.4. The Morgan fingerprint density at radius 2 is 2.06 bits per heavy atom. The number of nitrogens with zero attached hydrogens (tertiary/aromatic N) is 2.